The Labute approximate surface area is 367 Å². The number of guanidine groups is 1. The number of fused-ring (bicyclic) bond motifs is 1. The Hall–Kier alpha value is -6.46. The van der Waals surface area contributed by atoms with Crippen LogP contribution < -0.4 is 48.7 Å². The number of H-pyrrole nitrogens is 1. The predicted molar refractivity (Wildman–Crippen MR) is 238 cm³/mol. The van der Waals surface area contributed by atoms with E-state index in [1.165, 1.54) is 13.8 Å². The van der Waals surface area contributed by atoms with Crippen molar-refractivity contribution in [3.63, 3.8) is 0 Å². The molecule has 340 valence electrons. The molecule has 1 saturated carbocycles. The van der Waals surface area contributed by atoms with Crippen molar-refractivity contribution in [2.75, 3.05) is 13.1 Å². The summed E-state index contributed by atoms with van der Waals surface area (Å²) in [6.07, 6.45) is 7.80. The van der Waals surface area contributed by atoms with Gasteiger partial charge in [0.05, 0.1) is 0 Å². The molecule has 1 saturated heterocycles. The maximum absolute atomic E-state index is 14.4. The first-order chi connectivity index (χ1) is 30.3. The minimum absolute atomic E-state index is 0.0330. The van der Waals surface area contributed by atoms with E-state index >= 15 is 0 Å². The summed E-state index contributed by atoms with van der Waals surface area (Å²) in [5.41, 5.74) is 13.4. The molecule has 7 amide bonds. The number of carbonyl (C=O) groups excluding carboxylic acids is 7. The van der Waals surface area contributed by atoms with Crippen LogP contribution >= 0.6 is 0 Å². The second-order valence-electron chi connectivity index (χ2n) is 16.6. The second kappa shape index (κ2) is 23.7. The molecular weight excluding hydrogens is 807 g/mol. The number of amides is 7. The van der Waals surface area contributed by atoms with E-state index < -0.39 is 77.6 Å². The fourth-order valence-corrected chi connectivity index (χ4v) is 8.20. The van der Waals surface area contributed by atoms with Gasteiger partial charge in [0, 0.05) is 50.0 Å². The summed E-state index contributed by atoms with van der Waals surface area (Å²) < 4.78 is 0. The number of hydrogen-bond acceptors (Lipinski definition) is 8. The molecule has 1 aromatic heterocycles. The number of aliphatic imine (C=N–C) groups is 1. The minimum atomic E-state index is -1.18. The molecule has 1 aliphatic heterocycles. The van der Waals surface area contributed by atoms with Gasteiger partial charge in [-0.15, -0.1) is 0 Å². The molecule has 2 aliphatic rings. The number of rotatable bonds is 13. The van der Waals surface area contributed by atoms with Crippen LogP contribution in [0, 0.1) is 5.92 Å². The molecule has 0 bridgehead atoms. The minimum Gasteiger partial charge on any atom is -0.370 e. The lowest BCUT2D eigenvalue weighted by atomic mass is 9.84. The largest absolute Gasteiger partial charge is 0.370 e. The van der Waals surface area contributed by atoms with Crippen molar-refractivity contribution in [2.24, 2.45) is 22.4 Å². The first-order valence-electron chi connectivity index (χ1n) is 22.0. The Morgan fingerprint density at radius 1 is 0.778 bits per heavy atom. The highest BCUT2D eigenvalue weighted by Crippen LogP contribution is 2.28. The fraction of sp³-hybridized carbons (Fsp3) is 0.511. The van der Waals surface area contributed by atoms with E-state index in [1.807, 2.05) is 54.6 Å². The van der Waals surface area contributed by atoms with Crippen molar-refractivity contribution in [2.45, 2.75) is 127 Å². The number of aromatic amines is 1. The van der Waals surface area contributed by atoms with Gasteiger partial charge >= 0.3 is 0 Å². The maximum atomic E-state index is 14.4. The highest BCUT2D eigenvalue weighted by Gasteiger charge is 2.34. The summed E-state index contributed by atoms with van der Waals surface area (Å²) in [5.74, 6) is -4.05. The lowest BCUT2D eigenvalue weighted by Gasteiger charge is -2.30. The van der Waals surface area contributed by atoms with Gasteiger partial charge in [-0.1, -0.05) is 80.6 Å². The average molecular weight is 870 g/mol. The lowest BCUT2D eigenvalue weighted by Crippen LogP contribution is -2.60. The second-order valence-corrected chi connectivity index (χ2v) is 16.6. The number of carbonyl (C=O) groups is 7. The van der Waals surface area contributed by atoms with Gasteiger partial charge in [0.1, 0.15) is 36.3 Å². The van der Waals surface area contributed by atoms with Crippen molar-refractivity contribution in [3.05, 3.63) is 71.9 Å². The molecule has 2 heterocycles. The van der Waals surface area contributed by atoms with Crippen molar-refractivity contribution < 1.29 is 33.6 Å². The molecule has 0 radical (unpaired) electrons. The summed E-state index contributed by atoms with van der Waals surface area (Å²) in [7, 11) is 0. The molecule has 0 spiro atoms. The maximum Gasteiger partial charge on any atom is 0.243 e. The van der Waals surface area contributed by atoms with E-state index in [-0.39, 0.29) is 57.1 Å². The van der Waals surface area contributed by atoms with Gasteiger partial charge in [0.15, 0.2) is 5.96 Å². The molecule has 5 rings (SSSR count). The van der Waals surface area contributed by atoms with Crippen LogP contribution in [0.4, 0.5) is 0 Å². The summed E-state index contributed by atoms with van der Waals surface area (Å²) in [6.45, 7) is 3.02. The van der Waals surface area contributed by atoms with Gasteiger partial charge < -0.3 is 53.7 Å². The molecule has 1 aliphatic carbocycles. The number of nitrogens with two attached hydrogens (primary N) is 2. The third kappa shape index (κ3) is 14.9. The smallest absolute Gasteiger partial charge is 0.243 e. The van der Waals surface area contributed by atoms with Crippen LogP contribution in [0.5, 0.6) is 0 Å². The topological polar surface area (TPSA) is 284 Å². The van der Waals surface area contributed by atoms with Crippen molar-refractivity contribution in [1.82, 2.24) is 42.2 Å². The van der Waals surface area contributed by atoms with Crippen LogP contribution in [0.25, 0.3) is 10.9 Å². The number of aromatic nitrogens is 1. The van der Waals surface area contributed by atoms with Gasteiger partial charge in [0.2, 0.25) is 41.4 Å². The van der Waals surface area contributed by atoms with Crippen LogP contribution in [-0.2, 0) is 46.4 Å². The number of nitrogens with one attached hydrogen (secondary N) is 8. The van der Waals surface area contributed by atoms with Crippen LogP contribution in [0.3, 0.4) is 0 Å². The summed E-state index contributed by atoms with van der Waals surface area (Å²) in [5, 5.41) is 20.5. The highest BCUT2D eigenvalue weighted by atomic mass is 16.2. The van der Waals surface area contributed by atoms with E-state index in [2.05, 4.69) is 47.2 Å². The van der Waals surface area contributed by atoms with Crippen LogP contribution in [-0.4, -0.2) is 102 Å². The third-order valence-electron chi connectivity index (χ3n) is 11.6. The molecule has 18 heteroatoms. The molecule has 2 aromatic carbocycles. The standard InChI is InChI=1S/C45H63N11O7/c1-27-39(58)55-37(24-30-15-7-4-8-16-30)43(62)56-38(25-31-26-50-33-18-10-9-17-32(31)33)44(63)53-34(19-12-22-49-45(46)47)40(59)48-21-11-20-35(41(60)51-27)54-42(61)36(52-28(2)57)23-29-13-5-3-6-14-29/h3,5-6,9-10,13-14,17-18,26-27,30,34-38,50H,4,7-8,11-12,15-16,19-25H2,1-2H3,(H,48,59)(H,51,60)(H,52,57)(H,53,63)(H,54,61)(H,55,58)(H,56,62)(H4,46,47,49)/t27-,34-,35-,36-,37+,38-/m0/s1. The molecule has 2 fully saturated rings. The van der Waals surface area contributed by atoms with Gasteiger partial charge in [-0.2, -0.15) is 0 Å². The molecular formula is C45H63N11O7. The Morgan fingerprint density at radius 2 is 1.46 bits per heavy atom. The van der Waals surface area contributed by atoms with E-state index in [9.17, 15) is 33.6 Å². The monoisotopic (exact) mass is 869 g/mol. The zero-order valence-electron chi connectivity index (χ0n) is 36.2. The van der Waals surface area contributed by atoms with Crippen LogP contribution in [0.1, 0.15) is 89.2 Å². The van der Waals surface area contributed by atoms with Crippen molar-refractivity contribution in [3.8, 4) is 0 Å². The molecule has 3 aromatic rings. The summed E-state index contributed by atoms with van der Waals surface area (Å²) >= 11 is 0. The number of benzene rings is 2. The fourth-order valence-electron chi connectivity index (χ4n) is 8.20. The van der Waals surface area contributed by atoms with Crippen LogP contribution in [0.2, 0.25) is 0 Å². The Bertz CT molecular complexity index is 2080. The van der Waals surface area contributed by atoms with Gasteiger partial charge in [0.25, 0.3) is 0 Å². The van der Waals surface area contributed by atoms with E-state index in [0.29, 0.717) is 12.8 Å². The normalized spacial score (nSPS) is 22.8. The summed E-state index contributed by atoms with van der Waals surface area (Å²) in [6, 6.07) is 10.0. The molecule has 12 N–H and O–H groups in total. The quantitative estimate of drug-likeness (QED) is 0.0661. The predicted octanol–water partition coefficient (Wildman–Crippen LogP) is 0.836. The Balaban J connectivity index is 1.44. The van der Waals surface area contributed by atoms with E-state index in [4.69, 9.17) is 11.5 Å². The number of para-hydroxylation sites is 1. The van der Waals surface area contributed by atoms with Crippen molar-refractivity contribution >= 4 is 58.2 Å². The Kier molecular flexibility index (Phi) is 17.9. The Morgan fingerprint density at radius 3 is 2.19 bits per heavy atom. The summed E-state index contributed by atoms with van der Waals surface area (Å²) in [4.78, 5) is 104. The third-order valence-corrected chi connectivity index (χ3v) is 11.6. The number of hydrogen-bond donors (Lipinski definition) is 10. The highest BCUT2D eigenvalue weighted by molar-refractivity contribution is 5.97. The zero-order valence-corrected chi connectivity index (χ0v) is 36.2. The van der Waals surface area contributed by atoms with Crippen LogP contribution in [0.15, 0.2) is 65.8 Å². The molecule has 63 heavy (non-hydrogen) atoms. The molecule has 18 nitrogen and oxygen atoms in total. The average Bonchev–Trinajstić information content (AvgIpc) is 3.67. The van der Waals surface area contributed by atoms with Gasteiger partial charge in [-0.05, 0) is 62.1 Å². The SMILES string of the molecule is CC(=O)N[C@@H](Cc1ccccc1)C(=O)N[C@H]1CCCNC(=O)[C@H](CCCN=C(N)N)NC(=O)[C@H](Cc2c[nH]c3ccccc23)NC(=O)[C@@H](CC2CCCCC2)NC(=O)[C@H](C)NC1=O. The van der Waals surface area contributed by atoms with E-state index in [1.54, 1.807) is 6.20 Å². The lowest BCUT2D eigenvalue weighted by molar-refractivity contribution is -0.135. The molecule has 0 unspecified atom stereocenters. The zero-order chi connectivity index (χ0) is 45.3. The van der Waals surface area contributed by atoms with Gasteiger partial charge in [-0.25, -0.2) is 0 Å². The van der Waals surface area contributed by atoms with E-state index in [0.717, 1.165) is 54.1 Å². The number of nitrogens with zero attached hydrogens (tertiary/aromatic N) is 1. The van der Waals surface area contributed by atoms with Crippen molar-refractivity contribution in [1.29, 1.82) is 0 Å². The molecule has 6 atom stereocenters. The van der Waals surface area contributed by atoms with Gasteiger partial charge in [-0.3, -0.25) is 38.6 Å². The first kappa shape index (κ1) is 47.6. The first-order valence-corrected chi connectivity index (χ1v) is 22.0.